The van der Waals surface area contributed by atoms with E-state index in [1.165, 1.54) is 0 Å². The van der Waals surface area contributed by atoms with Crippen LogP contribution in [0, 0.1) is 0 Å². The maximum Gasteiger partial charge on any atom is 0.255 e. The first kappa shape index (κ1) is 22.3. The number of ether oxygens (including phenoxy) is 1. The van der Waals surface area contributed by atoms with Gasteiger partial charge in [-0.1, -0.05) is 41.9 Å². The molecule has 1 unspecified atom stereocenters. The number of rotatable bonds is 8. The van der Waals surface area contributed by atoms with Crippen molar-refractivity contribution in [3.8, 4) is 5.75 Å². The second-order valence-corrected chi connectivity index (χ2v) is 7.14. The second kappa shape index (κ2) is 10.6. The number of anilines is 1. The number of benzene rings is 3. The van der Waals surface area contributed by atoms with E-state index in [9.17, 15) is 9.59 Å². The molecule has 8 heteroatoms. The number of hydrogen-bond acceptors (Lipinski definition) is 5. The van der Waals surface area contributed by atoms with Crippen molar-refractivity contribution >= 4 is 29.1 Å². The Morgan fingerprint density at radius 1 is 1.00 bits per heavy atom. The molecule has 160 valence electrons. The van der Waals surface area contributed by atoms with Crippen LogP contribution in [0.25, 0.3) is 0 Å². The van der Waals surface area contributed by atoms with Crippen LogP contribution >= 0.6 is 11.6 Å². The molecule has 3 rings (SSSR count). The third kappa shape index (κ3) is 5.82. The van der Waals surface area contributed by atoms with Crippen LogP contribution in [0.1, 0.15) is 27.5 Å². The Morgan fingerprint density at radius 3 is 2.32 bits per heavy atom. The summed E-state index contributed by atoms with van der Waals surface area (Å²) in [5.41, 5.74) is 4.88. The van der Waals surface area contributed by atoms with Gasteiger partial charge in [0.05, 0.1) is 19.7 Å². The smallest absolute Gasteiger partial charge is 0.255 e. The van der Waals surface area contributed by atoms with E-state index in [0.717, 1.165) is 11.1 Å². The Bertz CT molecular complexity index is 1040. The van der Waals surface area contributed by atoms with Gasteiger partial charge in [-0.2, -0.15) is 0 Å². The van der Waals surface area contributed by atoms with Crippen molar-refractivity contribution in [1.82, 2.24) is 10.7 Å². The van der Waals surface area contributed by atoms with E-state index < -0.39 is 0 Å². The van der Waals surface area contributed by atoms with Gasteiger partial charge in [-0.05, 0) is 53.6 Å². The number of para-hydroxylation sites is 1. The first-order chi connectivity index (χ1) is 15.0. The van der Waals surface area contributed by atoms with Crippen molar-refractivity contribution in [2.24, 2.45) is 5.84 Å². The summed E-state index contributed by atoms with van der Waals surface area (Å²) in [6.07, 6.45) is 0. The van der Waals surface area contributed by atoms with E-state index in [-0.39, 0.29) is 24.4 Å². The molecule has 0 fully saturated rings. The molecule has 3 aromatic carbocycles. The standard InChI is InChI=1S/C23H23ClN4O3/c1-31-18-12-8-16(9-13-18)23(30)27-20-5-3-2-4-19(20)22(26-14-21(29)28-25)15-6-10-17(24)11-7-15/h2-13,22,26H,14,25H2,1H3,(H,27,30)(H,28,29). The molecule has 0 aliphatic heterocycles. The number of hydrogen-bond donors (Lipinski definition) is 4. The predicted molar refractivity (Wildman–Crippen MR) is 121 cm³/mol. The fraction of sp³-hybridized carbons (Fsp3) is 0.130. The molecular formula is C23H23ClN4O3. The van der Waals surface area contributed by atoms with Crippen molar-refractivity contribution in [1.29, 1.82) is 0 Å². The summed E-state index contributed by atoms with van der Waals surface area (Å²) in [5.74, 6) is 5.26. The molecule has 5 N–H and O–H groups in total. The molecule has 0 aliphatic rings. The Morgan fingerprint density at radius 2 is 1.68 bits per heavy atom. The number of methoxy groups -OCH3 is 1. The van der Waals surface area contributed by atoms with Gasteiger partial charge in [0.1, 0.15) is 5.75 Å². The summed E-state index contributed by atoms with van der Waals surface area (Å²) < 4.78 is 5.14. The average Bonchev–Trinajstić information content (AvgIpc) is 2.81. The summed E-state index contributed by atoms with van der Waals surface area (Å²) >= 11 is 6.03. The van der Waals surface area contributed by atoms with Crippen LogP contribution < -0.4 is 26.6 Å². The summed E-state index contributed by atoms with van der Waals surface area (Å²) in [6, 6.07) is 21.1. The maximum atomic E-state index is 12.8. The van der Waals surface area contributed by atoms with Gasteiger partial charge in [-0.3, -0.25) is 20.3 Å². The maximum absolute atomic E-state index is 12.8. The summed E-state index contributed by atoms with van der Waals surface area (Å²) in [4.78, 5) is 24.5. The minimum atomic E-state index is -0.387. The minimum absolute atomic E-state index is 0.00937. The molecule has 31 heavy (non-hydrogen) atoms. The van der Waals surface area contributed by atoms with Gasteiger partial charge in [0.25, 0.3) is 5.91 Å². The Kier molecular flexibility index (Phi) is 7.61. The number of halogens is 1. The zero-order valence-electron chi connectivity index (χ0n) is 16.9. The van der Waals surface area contributed by atoms with Crippen LogP contribution in [0.15, 0.2) is 72.8 Å². The van der Waals surface area contributed by atoms with E-state index >= 15 is 0 Å². The van der Waals surface area contributed by atoms with E-state index in [0.29, 0.717) is 22.0 Å². The number of hydrazine groups is 1. The van der Waals surface area contributed by atoms with Crippen molar-refractivity contribution in [2.75, 3.05) is 19.0 Å². The summed E-state index contributed by atoms with van der Waals surface area (Å²) in [7, 11) is 1.57. The fourth-order valence-corrected chi connectivity index (χ4v) is 3.23. The molecule has 2 amide bonds. The van der Waals surface area contributed by atoms with Crippen molar-refractivity contribution in [3.05, 3.63) is 94.5 Å². The van der Waals surface area contributed by atoms with Gasteiger partial charge in [-0.15, -0.1) is 0 Å². The third-order valence-electron chi connectivity index (χ3n) is 4.70. The monoisotopic (exact) mass is 438 g/mol. The third-order valence-corrected chi connectivity index (χ3v) is 4.96. The molecule has 0 aromatic heterocycles. The lowest BCUT2D eigenvalue weighted by atomic mass is 9.96. The first-order valence-electron chi connectivity index (χ1n) is 9.54. The Hall–Kier alpha value is -3.39. The van der Waals surface area contributed by atoms with Gasteiger partial charge in [0.15, 0.2) is 0 Å². The number of nitrogens with one attached hydrogen (secondary N) is 3. The lowest BCUT2D eigenvalue weighted by Crippen LogP contribution is -2.39. The molecule has 0 bridgehead atoms. The van der Waals surface area contributed by atoms with Crippen molar-refractivity contribution < 1.29 is 14.3 Å². The summed E-state index contributed by atoms with van der Waals surface area (Å²) in [5, 5.41) is 6.74. The topological polar surface area (TPSA) is 105 Å². The van der Waals surface area contributed by atoms with E-state index in [4.69, 9.17) is 22.2 Å². The lowest BCUT2D eigenvalue weighted by Gasteiger charge is -2.22. The molecule has 3 aromatic rings. The fourth-order valence-electron chi connectivity index (χ4n) is 3.11. The van der Waals surface area contributed by atoms with Crippen LogP contribution in [0.4, 0.5) is 5.69 Å². The molecule has 0 spiro atoms. The van der Waals surface area contributed by atoms with Crippen LogP contribution in [-0.2, 0) is 4.79 Å². The lowest BCUT2D eigenvalue weighted by molar-refractivity contribution is -0.120. The Balaban J connectivity index is 1.91. The number of carbonyl (C=O) groups excluding carboxylic acids is 2. The normalized spacial score (nSPS) is 11.5. The van der Waals surface area contributed by atoms with Crippen LogP contribution in [0.3, 0.4) is 0 Å². The highest BCUT2D eigenvalue weighted by Gasteiger charge is 2.19. The first-order valence-corrected chi connectivity index (χ1v) is 9.92. The van der Waals surface area contributed by atoms with E-state index in [2.05, 4.69) is 16.1 Å². The molecule has 1 atom stereocenters. The zero-order chi connectivity index (χ0) is 22.2. The van der Waals surface area contributed by atoms with Gasteiger partial charge in [0.2, 0.25) is 5.91 Å². The van der Waals surface area contributed by atoms with Crippen molar-refractivity contribution in [3.63, 3.8) is 0 Å². The largest absolute Gasteiger partial charge is 0.497 e. The number of carbonyl (C=O) groups is 2. The molecule has 7 nitrogen and oxygen atoms in total. The quantitative estimate of drug-likeness (QED) is 0.245. The molecule has 0 radical (unpaired) electrons. The highest BCUT2D eigenvalue weighted by atomic mass is 35.5. The molecule has 0 aliphatic carbocycles. The minimum Gasteiger partial charge on any atom is -0.497 e. The predicted octanol–water partition coefficient (Wildman–Crippen LogP) is 3.27. The molecule has 0 saturated heterocycles. The van der Waals surface area contributed by atoms with Gasteiger partial charge in [-0.25, -0.2) is 5.84 Å². The highest BCUT2D eigenvalue weighted by Crippen LogP contribution is 2.29. The summed E-state index contributed by atoms with van der Waals surface area (Å²) in [6.45, 7) is -0.00937. The van der Waals surface area contributed by atoms with Crippen LogP contribution in [0.5, 0.6) is 5.75 Å². The van der Waals surface area contributed by atoms with Crippen LogP contribution in [0.2, 0.25) is 5.02 Å². The molecule has 0 heterocycles. The number of nitrogens with two attached hydrogens (primary N) is 1. The SMILES string of the molecule is COc1ccc(C(=O)Nc2ccccc2C(NCC(=O)NN)c2ccc(Cl)cc2)cc1. The molecular weight excluding hydrogens is 416 g/mol. The van der Waals surface area contributed by atoms with Gasteiger partial charge < -0.3 is 10.1 Å². The molecule has 0 saturated carbocycles. The zero-order valence-corrected chi connectivity index (χ0v) is 17.6. The second-order valence-electron chi connectivity index (χ2n) is 6.70. The van der Waals surface area contributed by atoms with Gasteiger partial charge in [0, 0.05) is 16.3 Å². The Labute approximate surface area is 185 Å². The number of amides is 2. The van der Waals surface area contributed by atoms with Gasteiger partial charge >= 0.3 is 0 Å². The van der Waals surface area contributed by atoms with E-state index in [1.807, 2.05) is 36.4 Å². The average molecular weight is 439 g/mol. The van der Waals surface area contributed by atoms with Crippen molar-refractivity contribution in [2.45, 2.75) is 6.04 Å². The highest BCUT2D eigenvalue weighted by molar-refractivity contribution is 6.30. The van der Waals surface area contributed by atoms with E-state index in [1.54, 1.807) is 43.5 Å². The van der Waals surface area contributed by atoms with Crippen LogP contribution in [-0.4, -0.2) is 25.5 Å².